The van der Waals surface area contributed by atoms with Crippen molar-refractivity contribution in [2.24, 2.45) is 0 Å². The van der Waals surface area contributed by atoms with Crippen molar-refractivity contribution < 1.29 is 19.1 Å². The van der Waals surface area contributed by atoms with Crippen molar-refractivity contribution >= 4 is 23.2 Å². The zero-order valence-electron chi connectivity index (χ0n) is 14.0. The molecule has 1 aromatic heterocycles. The molecule has 0 saturated carbocycles. The lowest BCUT2D eigenvalue weighted by Crippen LogP contribution is -2.41. The highest BCUT2D eigenvalue weighted by Crippen LogP contribution is 2.24. The highest BCUT2D eigenvalue weighted by molar-refractivity contribution is 7.13. The summed E-state index contributed by atoms with van der Waals surface area (Å²) in [6, 6.07) is 5.22. The highest BCUT2D eigenvalue weighted by atomic mass is 32.1. The number of carbonyl (C=O) groups excluding carboxylic acids is 1. The number of carboxylic acid groups (broad SMARTS) is 1. The number of benzene rings is 1. The fourth-order valence-corrected chi connectivity index (χ4v) is 3.22. The van der Waals surface area contributed by atoms with E-state index in [0.29, 0.717) is 22.7 Å². The number of nitrogens with one attached hydrogen (secondary N) is 1. The molecule has 0 fully saturated rings. The van der Waals surface area contributed by atoms with Gasteiger partial charge in [-0.25, -0.2) is 14.2 Å². The van der Waals surface area contributed by atoms with E-state index in [4.69, 9.17) is 0 Å². The Labute approximate surface area is 149 Å². The first-order chi connectivity index (χ1) is 12.0. The number of amides is 1. The standard InChI is InChI=1S/C18H21FN2O3S/c1-2-3-4-8-15(18(23)24)21-16(22)10-14-11-25-17(20-14)12-6-5-7-13(19)9-12/h5-7,9,11,15H,2-4,8,10H2,1H3,(H,21,22)(H,23,24). The molecule has 0 spiro atoms. The van der Waals surface area contributed by atoms with Crippen LogP contribution in [0, 0.1) is 5.82 Å². The lowest BCUT2D eigenvalue weighted by molar-refractivity contribution is -0.142. The first-order valence-corrected chi connectivity index (χ1v) is 9.10. The number of carbonyl (C=O) groups is 2. The number of aromatic nitrogens is 1. The van der Waals surface area contributed by atoms with Gasteiger partial charge in [-0.1, -0.05) is 38.3 Å². The molecule has 0 aliphatic heterocycles. The van der Waals surface area contributed by atoms with Crippen LogP contribution in [0.25, 0.3) is 10.6 Å². The SMILES string of the molecule is CCCCCC(NC(=O)Cc1csc(-c2cccc(F)c2)n1)C(=O)O. The molecule has 1 unspecified atom stereocenters. The zero-order valence-corrected chi connectivity index (χ0v) is 14.8. The molecule has 25 heavy (non-hydrogen) atoms. The first-order valence-electron chi connectivity index (χ1n) is 8.22. The van der Waals surface area contributed by atoms with Gasteiger partial charge in [-0.2, -0.15) is 0 Å². The number of unbranched alkanes of at least 4 members (excludes halogenated alkanes) is 2. The lowest BCUT2D eigenvalue weighted by atomic mass is 10.1. The van der Waals surface area contributed by atoms with Crippen LogP contribution in [-0.4, -0.2) is 28.0 Å². The molecule has 7 heteroatoms. The van der Waals surface area contributed by atoms with Crippen molar-refractivity contribution in [3.8, 4) is 10.6 Å². The average Bonchev–Trinajstić information content (AvgIpc) is 3.02. The summed E-state index contributed by atoms with van der Waals surface area (Å²) in [5.74, 6) is -1.74. The third-order valence-corrected chi connectivity index (χ3v) is 4.63. The number of aliphatic carboxylic acids is 1. The van der Waals surface area contributed by atoms with Gasteiger partial charge in [0.25, 0.3) is 0 Å². The molecule has 0 bridgehead atoms. The Morgan fingerprint density at radius 1 is 1.36 bits per heavy atom. The zero-order chi connectivity index (χ0) is 18.2. The minimum absolute atomic E-state index is 0.00335. The van der Waals surface area contributed by atoms with E-state index in [0.717, 1.165) is 19.3 Å². The van der Waals surface area contributed by atoms with E-state index in [2.05, 4.69) is 10.3 Å². The van der Waals surface area contributed by atoms with E-state index in [1.165, 1.54) is 23.5 Å². The Kier molecular flexibility index (Phi) is 7.06. The summed E-state index contributed by atoms with van der Waals surface area (Å²) in [6.45, 7) is 2.03. The van der Waals surface area contributed by atoms with Crippen LogP contribution in [0.3, 0.4) is 0 Å². The Hall–Kier alpha value is -2.28. The van der Waals surface area contributed by atoms with E-state index in [-0.39, 0.29) is 18.1 Å². The third-order valence-electron chi connectivity index (χ3n) is 3.69. The predicted molar refractivity (Wildman–Crippen MR) is 94.9 cm³/mol. The van der Waals surface area contributed by atoms with Crippen LogP contribution in [0.1, 0.15) is 38.3 Å². The van der Waals surface area contributed by atoms with Gasteiger partial charge in [0.2, 0.25) is 5.91 Å². The number of carboxylic acids is 1. The number of halogens is 1. The van der Waals surface area contributed by atoms with Gasteiger partial charge in [0.15, 0.2) is 0 Å². The Bertz CT molecular complexity index is 733. The number of nitrogens with zero attached hydrogens (tertiary/aromatic N) is 1. The summed E-state index contributed by atoms with van der Waals surface area (Å²) < 4.78 is 13.3. The number of hydrogen-bond acceptors (Lipinski definition) is 4. The van der Waals surface area contributed by atoms with E-state index in [1.807, 2.05) is 6.92 Å². The van der Waals surface area contributed by atoms with Gasteiger partial charge in [-0.15, -0.1) is 11.3 Å². The van der Waals surface area contributed by atoms with E-state index in [9.17, 15) is 19.1 Å². The molecule has 2 rings (SSSR count). The Balaban J connectivity index is 1.95. The second-order valence-electron chi connectivity index (χ2n) is 5.79. The maximum Gasteiger partial charge on any atom is 0.326 e. The largest absolute Gasteiger partial charge is 0.480 e. The van der Waals surface area contributed by atoms with Crippen molar-refractivity contribution in [1.82, 2.24) is 10.3 Å². The monoisotopic (exact) mass is 364 g/mol. The van der Waals surface area contributed by atoms with Crippen LogP contribution in [0.15, 0.2) is 29.6 Å². The molecule has 1 atom stereocenters. The number of rotatable bonds is 9. The molecule has 0 radical (unpaired) electrons. The predicted octanol–water partition coefficient (Wildman–Crippen LogP) is 3.64. The van der Waals surface area contributed by atoms with Gasteiger partial charge in [-0.05, 0) is 18.6 Å². The van der Waals surface area contributed by atoms with E-state index >= 15 is 0 Å². The molecule has 2 N–H and O–H groups in total. The summed E-state index contributed by atoms with van der Waals surface area (Å²) in [5, 5.41) is 14.1. The van der Waals surface area contributed by atoms with Crippen molar-refractivity contribution in [2.45, 2.75) is 45.1 Å². The van der Waals surface area contributed by atoms with Crippen LogP contribution in [0.4, 0.5) is 4.39 Å². The van der Waals surface area contributed by atoms with E-state index < -0.39 is 12.0 Å². The first kappa shape index (κ1) is 19.1. The molecule has 0 aliphatic carbocycles. The molecular formula is C18H21FN2O3S. The van der Waals surface area contributed by atoms with Gasteiger partial charge >= 0.3 is 5.97 Å². The minimum Gasteiger partial charge on any atom is -0.480 e. The topological polar surface area (TPSA) is 79.3 Å². The van der Waals surface area contributed by atoms with Crippen molar-refractivity contribution in [3.63, 3.8) is 0 Å². The molecule has 1 amide bonds. The van der Waals surface area contributed by atoms with Crippen molar-refractivity contribution in [3.05, 3.63) is 41.2 Å². The molecule has 5 nitrogen and oxygen atoms in total. The van der Waals surface area contributed by atoms with Crippen LogP contribution in [0.2, 0.25) is 0 Å². The summed E-state index contributed by atoms with van der Waals surface area (Å²) >= 11 is 1.32. The molecular weight excluding hydrogens is 343 g/mol. The molecule has 1 heterocycles. The fraction of sp³-hybridized carbons (Fsp3) is 0.389. The second-order valence-corrected chi connectivity index (χ2v) is 6.64. The summed E-state index contributed by atoms with van der Waals surface area (Å²) in [6.07, 6.45) is 3.10. The highest BCUT2D eigenvalue weighted by Gasteiger charge is 2.20. The molecule has 134 valence electrons. The van der Waals surface area contributed by atoms with Gasteiger partial charge < -0.3 is 10.4 Å². The third kappa shape index (κ3) is 5.94. The smallest absolute Gasteiger partial charge is 0.326 e. The summed E-state index contributed by atoms with van der Waals surface area (Å²) in [5.41, 5.74) is 1.19. The van der Waals surface area contributed by atoms with Crippen molar-refractivity contribution in [1.29, 1.82) is 0 Å². The maximum atomic E-state index is 13.3. The molecule has 1 aromatic carbocycles. The van der Waals surface area contributed by atoms with Crippen LogP contribution in [0.5, 0.6) is 0 Å². The van der Waals surface area contributed by atoms with Crippen molar-refractivity contribution in [2.75, 3.05) is 0 Å². The van der Waals surface area contributed by atoms with Crippen LogP contribution >= 0.6 is 11.3 Å². The van der Waals surface area contributed by atoms with E-state index in [1.54, 1.807) is 17.5 Å². The molecule has 0 aliphatic rings. The lowest BCUT2D eigenvalue weighted by Gasteiger charge is -2.13. The summed E-state index contributed by atoms with van der Waals surface area (Å²) in [4.78, 5) is 27.7. The maximum absolute atomic E-state index is 13.3. The quantitative estimate of drug-likeness (QED) is 0.666. The second kappa shape index (κ2) is 9.27. The normalized spacial score (nSPS) is 11.9. The summed E-state index contributed by atoms with van der Waals surface area (Å²) in [7, 11) is 0. The fourth-order valence-electron chi connectivity index (χ4n) is 2.41. The van der Waals surface area contributed by atoms with Crippen LogP contribution < -0.4 is 5.32 Å². The van der Waals surface area contributed by atoms with Crippen LogP contribution in [-0.2, 0) is 16.0 Å². The minimum atomic E-state index is -1.02. The number of thiazole rings is 1. The Morgan fingerprint density at radius 2 is 2.16 bits per heavy atom. The van der Waals surface area contributed by atoms with Gasteiger partial charge in [0.05, 0.1) is 12.1 Å². The average molecular weight is 364 g/mol. The Morgan fingerprint density at radius 3 is 2.84 bits per heavy atom. The molecule has 2 aromatic rings. The van der Waals surface area contributed by atoms with Gasteiger partial charge in [0.1, 0.15) is 16.9 Å². The van der Waals surface area contributed by atoms with Gasteiger partial charge in [0, 0.05) is 10.9 Å². The molecule has 0 saturated heterocycles. The number of hydrogen-bond donors (Lipinski definition) is 2. The van der Waals surface area contributed by atoms with Gasteiger partial charge in [-0.3, -0.25) is 4.79 Å².